The summed E-state index contributed by atoms with van der Waals surface area (Å²) >= 11 is 0. The van der Waals surface area contributed by atoms with Crippen LogP contribution in [0.1, 0.15) is 20.3 Å². The van der Waals surface area contributed by atoms with Gasteiger partial charge in [-0.05, 0) is 37.6 Å². The van der Waals surface area contributed by atoms with Crippen molar-refractivity contribution in [3.8, 4) is 17.0 Å². The van der Waals surface area contributed by atoms with Crippen LogP contribution in [0.3, 0.4) is 0 Å². The Morgan fingerprint density at radius 3 is 2.74 bits per heavy atom. The molecule has 1 unspecified atom stereocenters. The number of anilines is 1. The average Bonchev–Trinajstić information content (AvgIpc) is 2.68. The zero-order chi connectivity index (χ0) is 19.2. The van der Waals surface area contributed by atoms with Crippen LogP contribution < -0.4 is 15.4 Å². The number of amides is 1. The van der Waals surface area contributed by atoms with E-state index < -0.39 is 0 Å². The molecule has 6 nitrogen and oxygen atoms in total. The first-order valence-corrected chi connectivity index (χ1v) is 8.84. The Morgan fingerprint density at radius 2 is 1.96 bits per heavy atom. The summed E-state index contributed by atoms with van der Waals surface area (Å²) in [5.74, 6) is 0.665. The van der Waals surface area contributed by atoms with E-state index in [1.807, 2.05) is 61.5 Å². The van der Waals surface area contributed by atoms with E-state index in [-0.39, 0.29) is 12.1 Å². The molecule has 1 atom stereocenters. The van der Waals surface area contributed by atoms with Crippen molar-refractivity contribution in [3.05, 3.63) is 54.6 Å². The predicted octanol–water partition coefficient (Wildman–Crippen LogP) is 4.17. The Hall–Kier alpha value is -3.41. The number of hydrogen-bond donors (Lipinski definition) is 3. The monoisotopic (exact) mass is 362 g/mol. The van der Waals surface area contributed by atoms with Crippen molar-refractivity contribution in [1.29, 1.82) is 5.41 Å². The molecule has 3 rings (SSSR count). The van der Waals surface area contributed by atoms with Gasteiger partial charge in [0.05, 0.1) is 23.0 Å². The lowest BCUT2D eigenvalue weighted by atomic mass is 10.1. The van der Waals surface area contributed by atoms with Crippen LogP contribution in [0.5, 0.6) is 5.75 Å². The molecule has 0 saturated heterocycles. The highest BCUT2D eigenvalue weighted by Crippen LogP contribution is 2.34. The zero-order valence-corrected chi connectivity index (χ0v) is 15.3. The molecule has 0 aliphatic carbocycles. The maximum Gasteiger partial charge on any atom is 0.213 e. The fourth-order valence-electron chi connectivity index (χ4n) is 2.73. The molecule has 138 valence electrons. The van der Waals surface area contributed by atoms with Crippen molar-refractivity contribution < 1.29 is 9.53 Å². The molecule has 2 aromatic carbocycles. The summed E-state index contributed by atoms with van der Waals surface area (Å²) in [7, 11) is 0. The third kappa shape index (κ3) is 4.23. The van der Waals surface area contributed by atoms with Crippen LogP contribution in [0.4, 0.5) is 5.69 Å². The highest BCUT2D eigenvalue weighted by atomic mass is 16.5. The highest BCUT2D eigenvalue weighted by Gasteiger charge is 2.13. The molecule has 6 heteroatoms. The van der Waals surface area contributed by atoms with Gasteiger partial charge in [-0.3, -0.25) is 15.5 Å². The molecule has 0 spiro atoms. The molecule has 1 amide bonds. The number of pyridine rings is 1. The predicted molar refractivity (Wildman–Crippen MR) is 108 cm³/mol. The number of hydrogen-bond acceptors (Lipinski definition) is 4. The molecule has 0 radical (unpaired) electrons. The number of nitrogens with one attached hydrogen (secondary N) is 3. The number of carbonyl (C=O) groups is 1. The number of guanidine groups is 1. The molecule has 0 aliphatic rings. The molecule has 3 aromatic rings. The van der Waals surface area contributed by atoms with Gasteiger partial charge in [-0.15, -0.1) is 0 Å². The van der Waals surface area contributed by atoms with Crippen LogP contribution in [0.15, 0.2) is 54.6 Å². The lowest BCUT2D eigenvalue weighted by molar-refractivity contribution is -0.108. The number of ether oxygens (including phenoxy) is 1. The molecule has 27 heavy (non-hydrogen) atoms. The van der Waals surface area contributed by atoms with Crippen molar-refractivity contribution in [2.45, 2.75) is 26.4 Å². The van der Waals surface area contributed by atoms with Gasteiger partial charge < -0.3 is 10.1 Å². The molecule has 0 aliphatic heterocycles. The average molecular weight is 362 g/mol. The smallest absolute Gasteiger partial charge is 0.213 e. The van der Waals surface area contributed by atoms with Crippen molar-refractivity contribution in [2.24, 2.45) is 0 Å². The van der Waals surface area contributed by atoms with Crippen LogP contribution in [-0.2, 0) is 4.79 Å². The van der Waals surface area contributed by atoms with E-state index in [0.717, 1.165) is 34.3 Å². The number of aromatic nitrogens is 1. The van der Waals surface area contributed by atoms with Crippen LogP contribution >= 0.6 is 0 Å². The molecule has 0 bridgehead atoms. The van der Waals surface area contributed by atoms with Crippen LogP contribution in [0.2, 0.25) is 0 Å². The number of fused-ring (bicyclic) bond motifs is 1. The number of para-hydroxylation sites is 2. The maximum atomic E-state index is 10.6. The molecule has 1 heterocycles. The van der Waals surface area contributed by atoms with E-state index in [9.17, 15) is 4.79 Å². The van der Waals surface area contributed by atoms with E-state index in [0.29, 0.717) is 12.1 Å². The first-order chi connectivity index (χ1) is 13.1. The summed E-state index contributed by atoms with van der Waals surface area (Å²) in [6.45, 7) is 4.11. The van der Waals surface area contributed by atoms with E-state index in [2.05, 4.69) is 17.6 Å². The minimum absolute atomic E-state index is 0.0918. The van der Waals surface area contributed by atoms with Crippen LogP contribution in [-0.4, -0.2) is 23.5 Å². The lowest BCUT2D eigenvalue weighted by Crippen LogP contribution is -2.28. The second kappa shape index (κ2) is 8.31. The first kappa shape index (κ1) is 18.4. The Bertz CT molecular complexity index is 971. The number of rotatable bonds is 6. The molecule has 3 N–H and O–H groups in total. The second-order valence-electron chi connectivity index (χ2n) is 6.17. The normalized spacial score (nSPS) is 11.6. The van der Waals surface area contributed by atoms with Gasteiger partial charge in [-0.2, -0.15) is 0 Å². The first-order valence-electron chi connectivity index (χ1n) is 8.84. The minimum atomic E-state index is -0.101. The quantitative estimate of drug-likeness (QED) is 0.349. The van der Waals surface area contributed by atoms with Gasteiger partial charge >= 0.3 is 0 Å². The van der Waals surface area contributed by atoms with Crippen LogP contribution in [0, 0.1) is 5.41 Å². The third-order valence-electron chi connectivity index (χ3n) is 4.25. The number of carbonyl (C=O) groups excluding carboxylic acids is 1. The van der Waals surface area contributed by atoms with Crippen molar-refractivity contribution in [2.75, 3.05) is 5.32 Å². The van der Waals surface area contributed by atoms with Crippen molar-refractivity contribution >= 4 is 29.0 Å². The lowest BCUT2D eigenvalue weighted by Gasteiger charge is -2.17. The Labute approximate surface area is 158 Å². The van der Waals surface area contributed by atoms with Gasteiger partial charge in [0, 0.05) is 10.9 Å². The standard InChI is InChI=1S/C21H22N4O2/c1-3-14(2)27-20-11-7-5-9-16(20)19-12-18(25-21(22)23-13-26)15-8-4-6-10-17(15)24-19/h4-14H,3H2,1-2H3,(H3,22,23,24,25,26). The molecular formula is C21H22N4O2. The second-order valence-corrected chi connectivity index (χ2v) is 6.17. The SMILES string of the molecule is CCC(C)Oc1ccccc1-c1cc(NC(=N)NC=O)c2ccccc2n1. The molecule has 1 aromatic heterocycles. The van der Waals surface area contributed by atoms with Crippen molar-refractivity contribution in [3.63, 3.8) is 0 Å². The van der Waals surface area contributed by atoms with E-state index >= 15 is 0 Å². The molecular weight excluding hydrogens is 340 g/mol. The minimum Gasteiger partial charge on any atom is -0.490 e. The maximum absolute atomic E-state index is 10.6. The van der Waals surface area contributed by atoms with E-state index in [1.165, 1.54) is 0 Å². The van der Waals surface area contributed by atoms with Gasteiger partial charge in [0.2, 0.25) is 6.41 Å². The summed E-state index contributed by atoms with van der Waals surface area (Å²) < 4.78 is 6.06. The van der Waals surface area contributed by atoms with E-state index in [1.54, 1.807) is 0 Å². The van der Waals surface area contributed by atoms with Gasteiger partial charge in [-0.1, -0.05) is 37.3 Å². The highest BCUT2D eigenvalue weighted by molar-refractivity contribution is 6.04. The van der Waals surface area contributed by atoms with Crippen LogP contribution in [0.25, 0.3) is 22.2 Å². The number of benzene rings is 2. The summed E-state index contributed by atoms with van der Waals surface area (Å²) in [6.07, 6.45) is 1.46. The summed E-state index contributed by atoms with van der Waals surface area (Å²) in [5, 5.41) is 13.9. The fraction of sp³-hybridized carbons (Fsp3) is 0.190. The van der Waals surface area contributed by atoms with Gasteiger partial charge in [0.25, 0.3) is 0 Å². The Kier molecular flexibility index (Phi) is 5.66. The van der Waals surface area contributed by atoms with Crippen molar-refractivity contribution in [1.82, 2.24) is 10.3 Å². The Balaban J connectivity index is 2.10. The Morgan fingerprint density at radius 1 is 1.22 bits per heavy atom. The third-order valence-corrected chi connectivity index (χ3v) is 4.25. The topological polar surface area (TPSA) is 87.1 Å². The fourth-order valence-corrected chi connectivity index (χ4v) is 2.73. The number of nitrogens with zero attached hydrogens (tertiary/aromatic N) is 1. The largest absolute Gasteiger partial charge is 0.490 e. The summed E-state index contributed by atoms with van der Waals surface area (Å²) in [5.41, 5.74) is 3.08. The van der Waals surface area contributed by atoms with Gasteiger partial charge in [-0.25, -0.2) is 4.98 Å². The van der Waals surface area contributed by atoms with Gasteiger partial charge in [0.1, 0.15) is 5.75 Å². The summed E-state index contributed by atoms with van der Waals surface area (Å²) in [4.78, 5) is 15.4. The summed E-state index contributed by atoms with van der Waals surface area (Å²) in [6, 6.07) is 17.3. The van der Waals surface area contributed by atoms with Gasteiger partial charge in [0.15, 0.2) is 5.96 Å². The van der Waals surface area contributed by atoms with E-state index in [4.69, 9.17) is 15.1 Å². The zero-order valence-electron chi connectivity index (χ0n) is 15.3. The molecule has 0 fully saturated rings. The molecule has 0 saturated carbocycles.